The number of hydrogen-bond donors (Lipinski definition) is 3. The van der Waals surface area contributed by atoms with Crippen molar-refractivity contribution in [2.24, 2.45) is 0 Å². The summed E-state index contributed by atoms with van der Waals surface area (Å²) in [4.78, 5) is 21.6. The number of esters is 1. The fourth-order valence-corrected chi connectivity index (χ4v) is 0.882. The number of aldehydes is 1. The van der Waals surface area contributed by atoms with Crippen LogP contribution in [0.1, 0.15) is 13.8 Å². The molecule has 0 aliphatic heterocycles. The van der Waals surface area contributed by atoms with E-state index in [1.165, 1.54) is 13.8 Å². The van der Waals surface area contributed by atoms with Crippen LogP contribution in [-0.2, 0) is 14.3 Å². The average molecular weight is 232 g/mol. The molecule has 0 saturated heterocycles. The molecule has 0 saturated carbocycles. The molecule has 0 aromatic heterocycles. The maximum Gasteiger partial charge on any atom is 0.333 e. The molecule has 0 rings (SSSR count). The molecule has 0 aliphatic rings. The molecule has 6 nitrogen and oxygen atoms in total. The molecule has 0 aromatic carbocycles. The Balaban J connectivity index is 4.55. The zero-order chi connectivity index (χ0) is 12.9. The molecule has 6 heteroatoms. The molecule has 0 aliphatic carbocycles. The van der Waals surface area contributed by atoms with E-state index in [2.05, 4.69) is 11.3 Å². The van der Waals surface area contributed by atoms with Crippen LogP contribution in [0, 0.1) is 0 Å². The molecule has 0 amide bonds. The van der Waals surface area contributed by atoms with Crippen LogP contribution in [-0.4, -0.2) is 52.0 Å². The molecule has 0 heterocycles. The summed E-state index contributed by atoms with van der Waals surface area (Å²) in [5, 5.41) is 27.7. The van der Waals surface area contributed by atoms with Crippen LogP contribution in [0.5, 0.6) is 0 Å². The van der Waals surface area contributed by atoms with Gasteiger partial charge >= 0.3 is 5.97 Å². The molecule has 0 bridgehead atoms. The molecule has 4 atom stereocenters. The van der Waals surface area contributed by atoms with Gasteiger partial charge in [0.05, 0.1) is 6.10 Å². The van der Waals surface area contributed by atoms with E-state index in [9.17, 15) is 19.8 Å². The Morgan fingerprint density at radius 2 is 1.81 bits per heavy atom. The van der Waals surface area contributed by atoms with E-state index in [4.69, 9.17) is 5.11 Å². The van der Waals surface area contributed by atoms with E-state index in [1.807, 2.05) is 0 Å². The number of aliphatic hydroxyl groups is 3. The summed E-state index contributed by atoms with van der Waals surface area (Å²) in [7, 11) is 0. The van der Waals surface area contributed by atoms with Crippen molar-refractivity contribution in [3.05, 3.63) is 12.2 Å². The first-order chi connectivity index (χ1) is 7.31. The van der Waals surface area contributed by atoms with Crippen LogP contribution in [0.4, 0.5) is 0 Å². The number of carbonyl (C=O) groups excluding carboxylic acids is 2. The van der Waals surface area contributed by atoms with E-state index < -0.39 is 30.4 Å². The third-order valence-electron chi connectivity index (χ3n) is 1.91. The van der Waals surface area contributed by atoms with Gasteiger partial charge in [0.2, 0.25) is 0 Å². The third-order valence-corrected chi connectivity index (χ3v) is 1.91. The molecule has 3 N–H and O–H groups in total. The van der Waals surface area contributed by atoms with Crippen LogP contribution in [0.15, 0.2) is 12.2 Å². The molecular formula is C10H16O6. The largest absolute Gasteiger partial charge is 0.448 e. The van der Waals surface area contributed by atoms with Gasteiger partial charge in [0, 0.05) is 5.57 Å². The predicted molar refractivity (Wildman–Crippen MR) is 54.5 cm³/mol. The normalized spacial score (nSPS) is 18.1. The van der Waals surface area contributed by atoms with Gasteiger partial charge in [0.1, 0.15) is 12.2 Å². The Morgan fingerprint density at radius 1 is 1.31 bits per heavy atom. The van der Waals surface area contributed by atoms with Crippen molar-refractivity contribution < 1.29 is 29.6 Å². The summed E-state index contributed by atoms with van der Waals surface area (Å²) in [5.41, 5.74) is 0.0607. The lowest BCUT2D eigenvalue weighted by Gasteiger charge is -2.24. The first-order valence-corrected chi connectivity index (χ1v) is 4.67. The summed E-state index contributed by atoms with van der Waals surface area (Å²) < 4.78 is 4.57. The van der Waals surface area contributed by atoms with E-state index in [1.54, 1.807) is 0 Å². The van der Waals surface area contributed by atoms with Crippen molar-refractivity contribution in [3.63, 3.8) is 0 Å². The molecule has 16 heavy (non-hydrogen) atoms. The van der Waals surface area contributed by atoms with Gasteiger partial charge in [-0.15, -0.1) is 0 Å². The topological polar surface area (TPSA) is 104 Å². The maximum atomic E-state index is 11.1. The standard InChI is InChI=1S/C10H16O6/c1-5(2)10(15)16-7(4-11)9(14)8(13)6(3)12/h4,6-9,12-14H,1H2,2-3H3/t6-,7+,8+,9-/m1/s1. The zero-order valence-electron chi connectivity index (χ0n) is 9.16. The molecule has 0 unspecified atom stereocenters. The number of hydrogen-bond acceptors (Lipinski definition) is 6. The fourth-order valence-electron chi connectivity index (χ4n) is 0.882. The van der Waals surface area contributed by atoms with Gasteiger partial charge in [-0.2, -0.15) is 0 Å². The van der Waals surface area contributed by atoms with E-state index >= 15 is 0 Å². The van der Waals surface area contributed by atoms with Gasteiger partial charge in [0.25, 0.3) is 0 Å². The Morgan fingerprint density at radius 3 is 2.12 bits per heavy atom. The van der Waals surface area contributed by atoms with Crippen molar-refractivity contribution in [2.75, 3.05) is 0 Å². The lowest BCUT2D eigenvalue weighted by Crippen LogP contribution is -2.46. The molecule has 0 radical (unpaired) electrons. The Kier molecular flexibility index (Phi) is 5.87. The molecule has 0 spiro atoms. The summed E-state index contributed by atoms with van der Waals surface area (Å²) in [6.45, 7) is 5.91. The summed E-state index contributed by atoms with van der Waals surface area (Å²) in [6.07, 6.45) is -5.86. The number of aliphatic hydroxyl groups excluding tert-OH is 3. The second-order valence-corrected chi connectivity index (χ2v) is 3.51. The smallest absolute Gasteiger partial charge is 0.333 e. The van der Waals surface area contributed by atoms with Gasteiger partial charge in [-0.05, 0) is 13.8 Å². The lowest BCUT2D eigenvalue weighted by atomic mass is 10.0. The highest BCUT2D eigenvalue weighted by molar-refractivity contribution is 5.88. The number of carbonyl (C=O) groups is 2. The van der Waals surface area contributed by atoms with Crippen molar-refractivity contribution in [3.8, 4) is 0 Å². The highest BCUT2D eigenvalue weighted by atomic mass is 16.6. The minimum atomic E-state index is -1.68. The van der Waals surface area contributed by atoms with Gasteiger partial charge in [-0.1, -0.05) is 6.58 Å². The highest BCUT2D eigenvalue weighted by Gasteiger charge is 2.31. The van der Waals surface area contributed by atoms with Crippen LogP contribution in [0.25, 0.3) is 0 Å². The first kappa shape index (κ1) is 14.8. The van der Waals surface area contributed by atoms with E-state index in [0.717, 1.165) is 0 Å². The summed E-state index contributed by atoms with van der Waals surface area (Å²) in [6, 6.07) is 0. The Labute approximate surface area is 93.2 Å². The van der Waals surface area contributed by atoms with Crippen molar-refractivity contribution >= 4 is 12.3 Å². The predicted octanol–water partition coefficient (Wildman–Crippen LogP) is -1.22. The zero-order valence-corrected chi connectivity index (χ0v) is 9.16. The summed E-state index contributed by atoms with van der Waals surface area (Å²) in [5.74, 6) is -0.853. The van der Waals surface area contributed by atoms with Crippen molar-refractivity contribution in [1.29, 1.82) is 0 Å². The number of ether oxygens (including phenoxy) is 1. The van der Waals surface area contributed by atoms with Crippen LogP contribution in [0.2, 0.25) is 0 Å². The van der Waals surface area contributed by atoms with Gasteiger partial charge in [0.15, 0.2) is 12.4 Å². The van der Waals surface area contributed by atoms with Crippen molar-refractivity contribution in [1.82, 2.24) is 0 Å². The van der Waals surface area contributed by atoms with Gasteiger partial charge in [-0.3, -0.25) is 4.79 Å². The quantitative estimate of drug-likeness (QED) is 0.301. The van der Waals surface area contributed by atoms with Crippen molar-refractivity contribution in [2.45, 2.75) is 38.3 Å². The van der Waals surface area contributed by atoms with Gasteiger partial charge in [-0.25, -0.2) is 4.79 Å². The molecule has 0 aromatic rings. The Bertz CT molecular complexity index is 272. The van der Waals surface area contributed by atoms with E-state index in [0.29, 0.717) is 0 Å². The fraction of sp³-hybridized carbons (Fsp3) is 0.600. The summed E-state index contributed by atoms with van der Waals surface area (Å²) >= 11 is 0. The second-order valence-electron chi connectivity index (χ2n) is 3.51. The third kappa shape index (κ3) is 4.09. The molecule has 0 fully saturated rings. The molecule has 92 valence electrons. The van der Waals surface area contributed by atoms with Crippen LogP contribution >= 0.6 is 0 Å². The number of rotatable bonds is 6. The SMILES string of the molecule is C=C(C)C(=O)O[C@@H](C=O)[C@@H](O)[C@@H](O)[C@@H](C)O. The monoisotopic (exact) mass is 232 g/mol. The first-order valence-electron chi connectivity index (χ1n) is 4.67. The Hall–Kier alpha value is -1.24. The minimum absolute atomic E-state index is 0.0607. The maximum absolute atomic E-state index is 11.1. The lowest BCUT2D eigenvalue weighted by molar-refractivity contribution is -0.162. The average Bonchev–Trinajstić information content (AvgIpc) is 2.22. The van der Waals surface area contributed by atoms with Crippen LogP contribution < -0.4 is 0 Å². The van der Waals surface area contributed by atoms with Gasteiger partial charge < -0.3 is 20.1 Å². The van der Waals surface area contributed by atoms with Crippen LogP contribution in [0.3, 0.4) is 0 Å². The highest BCUT2D eigenvalue weighted by Crippen LogP contribution is 2.08. The minimum Gasteiger partial charge on any atom is -0.448 e. The second kappa shape index (κ2) is 6.37. The van der Waals surface area contributed by atoms with E-state index in [-0.39, 0.29) is 11.9 Å². The molecular weight excluding hydrogens is 216 g/mol.